The number of fused-ring (bicyclic) bond motifs is 1. The molecule has 0 spiro atoms. The van der Waals surface area contributed by atoms with Crippen LogP contribution in [0.25, 0.3) is 11.1 Å². The highest BCUT2D eigenvalue weighted by Gasteiger charge is 2.21. The molecule has 2 N–H and O–H groups in total. The molecule has 0 saturated carbocycles. The second-order valence-corrected chi connectivity index (χ2v) is 5.88. The van der Waals surface area contributed by atoms with Gasteiger partial charge in [-0.15, -0.1) is 0 Å². The van der Waals surface area contributed by atoms with E-state index in [1.54, 1.807) is 17.7 Å². The van der Waals surface area contributed by atoms with Crippen LogP contribution in [-0.2, 0) is 0 Å². The van der Waals surface area contributed by atoms with Crippen molar-refractivity contribution in [2.75, 3.05) is 5.43 Å². The molecule has 5 heteroatoms. The molecule has 0 amide bonds. The van der Waals surface area contributed by atoms with E-state index in [0.29, 0.717) is 16.8 Å². The molecule has 1 aliphatic heterocycles. The van der Waals surface area contributed by atoms with Gasteiger partial charge >= 0.3 is 5.97 Å². The van der Waals surface area contributed by atoms with E-state index in [4.69, 9.17) is 0 Å². The summed E-state index contributed by atoms with van der Waals surface area (Å²) in [7, 11) is 0. The molecule has 0 bridgehead atoms. The minimum absolute atomic E-state index is 0.150. The number of aromatic carboxylic acids is 1. The minimum atomic E-state index is -1.04. The summed E-state index contributed by atoms with van der Waals surface area (Å²) in [4.78, 5) is 23.0. The van der Waals surface area contributed by atoms with Gasteiger partial charge in [0.05, 0.1) is 11.3 Å². The molecule has 2 rings (SSSR count). The number of carboxylic acid groups (broad SMARTS) is 1. The molecular formula is C15H18N2O3. The first-order valence-electron chi connectivity index (χ1n) is 6.36. The van der Waals surface area contributed by atoms with Crippen LogP contribution in [0.15, 0.2) is 29.2 Å². The number of carbonyl (C=O) groups is 1. The molecule has 0 aromatic heterocycles. The number of pyridine rings is 1. The van der Waals surface area contributed by atoms with Crippen LogP contribution in [0.3, 0.4) is 0 Å². The maximum absolute atomic E-state index is 11.5. The van der Waals surface area contributed by atoms with Crippen LogP contribution in [-0.4, -0.2) is 21.3 Å². The molecule has 0 atom stereocenters. The van der Waals surface area contributed by atoms with E-state index in [-0.39, 0.29) is 16.5 Å². The molecule has 5 nitrogen and oxygen atoms in total. The summed E-state index contributed by atoms with van der Waals surface area (Å²) in [5.41, 5.74) is 4.71. The maximum atomic E-state index is 11.5. The van der Waals surface area contributed by atoms with Gasteiger partial charge in [0.25, 0.3) is 0 Å². The van der Waals surface area contributed by atoms with Gasteiger partial charge in [-0.2, -0.15) is 0 Å². The third-order valence-electron chi connectivity index (χ3n) is 2.96. The normalized spacial score (nSPS) is 11.6. The predicted octanol–water partition coefficient (Wildman–Crippen LogP) is 2.30. The summed E-state index contributed by atoms with van der Waals surface area (Å²) in [5.74, 6) is -1.04. The summed E-state index contributed by atoms with van der Waals surface area (Å²) < 4.78 is 1.70. The Bertz CT molecular complexity index is 696. The van der Waals surface area contributed by atoms with Gasteiger partial charge in [-0.25, -0.2) is 4.79 Å². The fourth-order valence-electron chi connectivity index (χ4n) is 2.16. The van der Waals surface area contributed by atoms with Crippen LogP contribution in [0.5, 0.6) is 0 Å². The van der Waals surface area contributed by atoms with Gasteiger partial charge in [0.15, 0.2) is 5.43 Å². The van der Waals surface area contributed by atoms with Gasteiger partial charge < -0.3 is 10.5 Å². The van der Waals surface area contributed by atoms with E-state index < -0.39 is 5.97 Å². The molecule has 0 aromatic rings. The fraction of sp³-hybridized carbons (Fsp3) is 0.333. The van der Waals surface area contributed by atoms with Crippen molar-refractivity contribution in [2.45, 2.75) is 33.2 Å². The molecule has 0 radical (unpaired) electrons. The van der Waals surface area contributed by atoms with Gasteiger partial charge in [0.1, 0.15) is 0 Å². The van der Waals surface area contributed by atoms with E-state index >= 15 is 0 Å². The van der Waals surface area contributed by atoms with E-state index in [1.807, 2.05) is 27.0 Å². The molecule has 1 heterocycles. The van der Waals surface area contributed by atoms with Gasteiger partial charge in [-0.1, -0.05) is 0 Å². The SMILES string of the molecule is Cc1c(C(=O)O)c2cc(=O)ccc-2cn1NC(C)(C)C. The summed E-state index contributed by atoms with van der Waals surface area (Å²) in [6.07, 6.45) is 1.81. The molecular weight excluding hydrogens is 256 g/mol. The van der Waals surface area contributed by atoms with Crippen LogP contribution in [0, 0.1) is 6.92 Å². The molecule has 1 aliphatic carbocycles. The lowest BCUT2D eigenvalue weighted by molar-refractivity contribution is 0.0696. The highest BCUT2D eigenvalue weighted by molar-refractivity contribution is 5.97. The Morgan fingerprint density at radius 3 is 2.50 bits per heavy atom. The van der Waals surface area contributed by atoms with Crippen molar-refractivity contribution in [1.29, 1.82) is 0 Å². The largest absolute Gasteiger partial charge is 0.478 e. The number of nitrogens with one attached hydrogen (secondary N) is 1. The molecule has 2 aliphatic rings. The van der Waals surface area contributed by atoms with Crippen molar-refractivity contribution >= 4 is 5.97 Å². The molecule has 0 aromatic carbocycles. The summed E-state index contributed by atoms with van der Waals surface area (Å²) in [5, 5.41) is 9.43. The van der Waals surface area contributed by atoms with Crippen molar-refractivity contribution in [2.24, 2.45) is 0 Å². The first-order chi connectivity index (χ1) is 9.19. The minimum Gasteiger partial charge on any atom is -0.478 e. The Hall–Kier alpha value is -2.30. The Kier molecular flexibility index (Phi) is 3.29. The van der Waals surface area contributed by atoms with Crippen molar-refractivity contribution in [3.63, 3.8) is 0 Å². The van der Waals surface area contributed by atoms with Gasteiger partial charge in [0, 0.05) is 22.9 Å². The van der Waals surface area contributed by atoms with Crippen molar-refractivity contribution in [3.8, 4) is 11.1 Å². The highest BCUT2D eigenvalue weighted by atomic mass is 16.4. The van der Waals surface area contributed by atoms with Gasteiger partial charge in [0.2, 0.25) is 0 Å². The number of nitrogens with zero attached hydrogens (tertiary/aromatic N) is 1. The van der Waals surface area contributed by atoms with E-state index in [1.165, 1.54) is 12.1 Å². The first kappa shape index (κ1) is 14.1. The number of aromatic nitrogens is 1. The average Bonchev–Trinajstić information content (AvgIpc) is 2.28. The Labute approximate surface area is 117 Å². The quantitative estimate of drug-likeness (QED) is 0.881. The summed E-state index contributed by atoms with van der Waals surface area (Å²) in [6, 6.07) is 4.45. The van der Waals surface area contributed by atoms with Gasteiger partial charge in [-0.3, -0.25) is 9.47 Å². The van der Waals surface area contributed by atoms with Crippen LogP contribution >= 0.6 is 0 Å². The van der Waals surface area contributed by atoms with Crippen molar-refractivity contribution in [3.05, 3.63) is 45.9 Å². The third kappa shape index (κ3) is 2.66. The topological polar surface area (TPSA) is 71.3 Å². The lowest BCUT2D eigenvalue weighted by atomic mass is 9.98. The molecule has 106 valence electrons. The number of benzene rings is 1. The fourth-order valence-corrected chi connectivity index (χ4v) is 2.16. The third-order valence-corrected chi connectivity index (χ3v) is 2.96. The highest BCUT2D eigenvalue weighted by Crippen LogP contribution is 2.27. The zero-order valence-electron chi connectivity index (χ0n) is 12.0. The second-order valence-electron chi connectivity index (χ2n) is 5.88. The number of hydrogen-bond acceptors (Lipinski definition) is 3. The Morgan fingerprint density at radius 2 is 1.95 bits per heavy atom. The van der Waals surface area contributed by atoms with E-state index in [2.05, 4.69) is 5.43 Å². The van der Waals surface area contributed by atoms with E-state index in [0.717, 1.165) is 0 Å². The Morgan fingerprint density at radius 1 is 1.30 bits per heavy atom. The predicted molar refractivity (Wildman–Crippen MR) is 78.1 cm³/mol. The van der Waals surface area contributed by atoms with Crippen LogP contribution < -0.4 is 10.9 Å². The second kappa shape index (κ2) is 4.67. The molecule has 0 unspecified atom stereocenters. The van der Waals surface area contributed by atoms with Gasteiger partial charge in [-0.05, 0) is 45.9 Å². The Balaban J connectivity index is 2.77. The smallest absolute Gasteiger partial charge is 0.338 e. The monoisotopic (exact) mass is 274 g/mol. The van der Waals surface area contributed by atoms with Crippen LogP contribution in [0.4, 0.5) is 0 Å². The zero-order valence-corrected chi connectivity index (χ0v) is 12.0. The number of carboxylic acids is 1. The number of rotatable bonds is 2. The summed E-state index contributed by atoms with van der Waals surface area (Å²) >= 11 is 0. The standard InChI is InChI=1S/C15H18N2O3/c1-9-13(14(19)20)12-7-11(18)6-5-10(12)8-17(9)16-15(2,3)4/h5-8,16H,1-4H3,(H,19,20). The molecule has 0 saturated heterocycles. The first-order valence-corrected chi connectivity index (χ1v) is 6.36. The van der Waals surface area contributed by atoms with Crippen LogP contribution in [0.1, 0.15) is 36.8 Å². The zero-order chi connectivity index (χ0) is 15.1. The summed E-state index contributed by atoms with van der Waals surface area (Å²) in [6.45, 7) is 7.69. The molecule has 20 heavy (non-hydrogen) atoms. The maximum Gasteiger partial charge on any atom is 0.338 e. The van der Waals surface area contributed by atoms with Crippen molar-refractivity contribution in [1.82, 2.24) is 4.68 Å². The van der Waals surface area contributed by atoms with Crippen LogP contribution in [0.2, 0.25) is 0 Å². The lowest BCUT2D eigenvalue weighted by Gasteiger charge is -2.28. The lowest BCUT2D eigenvalue weighted by Crippen LogP contribution is -2.36. The number of hydrogen-bond donors (Lipinski definition) is 2. The van der Waals surface area contributed by atoms with Crippen molar-refractivity contribution < 1.29 is 9.90 Å². The molecule has 0 fully saturated rings. The average molecular weight is 274 g/mol. The van der Waals surface area contributed by atoms with E-state index in [9.17, 15) is 14.7 Å².